The molecule has 0 saturated carbocycles. The summed E-state index contributed by atoms with van der Waals surface area (Å²) in [4.78, 5) is 14.1. The van der Waals surface area contributed by atoms with Gasteiger partial charge in [-0.1, -0.05) is 30.3 Å². The number of hydrogen-bond acceptors (Lipinski definition) is 3. The number of carbonyl (C=O) groups excluding carboxylic acids is 1. The molecule has 17 heavy (non-hydrogen) atoms. The van der Waals surface area contributed by atoms with Crippen molar-refractivity contribution in [1.29, 1.82) is 0 Å². The quantitative estimate of drug-likeness (QED) is 0.826. The van der Waals surface area contributed by atoms with Crippen LogP contribution in [0.3, 0.4) is 0 Å². The number of carbonyl (C=O) groups is 1. The predicted octanol–water partition coefficient (Wildman–Crippen LogP) is 0.508. The molecule has 0 unspecified atom stereocenters. The number of amides is 1. The highest BCUT2D eigenvalue weighted by atomic mass is 16.2. The second-order valence-corrected chi connectivity index (χ2v) is 4.49. The molecule has 0 aromatic heterocycles. The van der Waals surface area contributed by atoms with E-state index in [1.165, 1.54) is 0 Å². The van der Waals surface area contributed by atoms with Crippen molar-refractivity contribution in [2.45, 2.75) is 6.42 Å². The van der Waals surface area contributed by atoms with E-state index in [0.717, 1.165) is 31.7 Å². The van der Waals surface area contributed by atoms with Gasteiger partial charge in [-0.05, 0) is 12.6 Å². The van der Waals surface area contributed by atoms with Gasteiger partial charge in [0.15, 0.2) is 0 Å². The third-order valence-corrected chi connectivity index (χ3v) is 2.99. The normalized spacial score (nSPS) is 17.9. The van der Waals surface area contributed by atoms with Crippen molar-refractivity contribution in [1.82, 2.24) is 15.3 Å². The lowest BCUT2D eigenvalue weighted by atomic mass is 10.1. The Labute approximate surface area is 102 Å². The number of likely N-dealkylation sites (N-methyl/N-ethyl adjacent to an activating group) is 1. The summed E-state index contributed by atoms with van der Waals surface area (Å²) in [5, 5.41) is 2.01. The molecule has 1 fully saturated rings. The minimum Gasteiger partial charge on any atom is -0.304 e. The van der Waals surface area contributed by atoms with Crippen molar-refractivity contribution in [2.24, 2.45) is 0 Å². The molecule has 0 radical (unpaired) electrons. The first-order valence-electron chi connectivity index (χ1n) is 6.01. The molecule has 4 nitrogen and oxygen atoms in total. The molecule has 0 spiro atoms. The minimum atomic E-state index is 0.0701. The molecular formula is C13H19N3O. The number of piperazine rings is 1. The van der Waals surface area contributed by atoms with Gasteiger partial charge in [0.25, 0.3) is 0 Å². The van der Waals surface area contributed by atoms with Gasteiger partial charge in [-0.2, -0.15) is 0 Å². The van der Waals surface area contributed by atoms with E-state index in [1.807, 2.05) is 35.3 Å². The maximum Gasteiger partial charge on any atom is 0.238 e. The maximum absolute atomic E-state index is 11.8. The van der Waals surface area contributed by atoms with Gasteiger partial charge in [-0.15, -0.1) is 0 Å². The third-order valence-electron chi connectivity index (χ3n) is 2.99. The van der Waals surface area contributed by atoms with Crippen LogP contribution >= 0.6 is 0 Å². The Balaban J connectivity index is 1.78. The summed E-state index contributed by atoms with van der Waals surface area (Å²) in [6, 6.07) is 9.83. The standard InChI is InChI=1S/C13H19N3O/c1-15-7-9-16(10-8-15)14-13(17)11-12-5-3-2-4-6-12/h2-6H,7-11H2,1H3,(H,14,17). The van der Waals surface area contributed by atoms with E-state index in [9.17, 15) is 4.79 Å². The lowest BCUT2D eigenvalue weighted by Crippen LogP contribution is -2.52. The van der Waals surface area contributed by atoms with Crippen LogP contribution in [0.4, 0.5) is 0 Å². The van der Waals surface area contributed by atoms with Crippen LogP contribution < -0.4 is 5.43 Å². The Morgan fingerprint density at radius 2 is 1.82 bits per heavy atom. The number of nitrogens with zero attached hydrogens (tertiary/aromatic N) is 2. The van der Waals surface area contributed by atoms with Gasteiger partial charge in [0.05, 0.1) is 6.42 Å². The van der Waals surface area contributed by atoms with Crippen LogP contribution in [0.2, 0.25) is 0 Å². The summed E-state index contributed by atoms with van der Waals surface area (Å²) < 4.78 is 0. The van der Waals surface area contributed by atoms with Gasteiger partial charge in [0.2, 0.25) is 5.91 Å². The Bertz CT molecular complexity index is 358. The van der Waals surface area contributed by atoms with E-state index in [0.29, 0.717) is 6.42 Å². The van der Waals surface area contributed by atoms with Crippen molar-refractivity contribution in [3.05, 3.63) is 35.9 Å². The summed E-state index contributed by atoms with van der Waals surface area (Å²) in [6.07, 6.45) is 0.452. The van der Waals surface area contributed by atoms with Crippen molar-refractivity contribution in [3.8, 4) is 0 Å². The van der Waals surface area contributed by atoms with E-state index in [-0.39, 0.29) is 5.91 Å². The van der Waals surface area contributed by atoms with Crippen molar-refractivity contribution in [2.75, 3.05) is 33.2 Å². The highest BCUT2D eigenvalue weighted by Crippen LogP contribution is 2.00. The smallest absolute Gasteiger partial charge is 0.238 e. The van der Waals surface area contributed by atoms with E-state index in [4.69, 9.17) is 0 Å². The molecule has 1 heterocycles. The van der Waals surface area contributed by atoms with E-state index in [1.54, 1.807) is 0 Å². The summed E-state index contributed by atoms with van der Waals surface area (Å²) in [5.41, 5.74) is 4.01. The van der Waals surface area contributed by atoms with Crippen LogP contribution in [0.1, 0.15) is 5.56 Å². The van der Waals surface area contributed by atoms with Crippen LogP contribution in [0.25, 0.3) is 0 Å². The van der Waals surface area contributed by atoms with Crippen molar-refractivity contribution >= 4 is 5.91 Å². The van der Waals surface area contributed by atoms with Crippen molar-refractivity contribution in [3.63, 3.8) is 0 Å². The largest absolute Gasteiger partial charge is 0.304 e. The van der Waals surface area contributed by atoms with Gasteiger partial charge < -0.3 is 4.90 Å². The zero-order valence-electron chi connectivity index (χ0n) is 10.2. The van der Waals surface area contributed by atoms with Gasteiger partial charge >= 0.3 is 0 Å². The molecular weight excluding hydrogens is 214 g/mol. The van der Waals surface area contributed by atoms with Crippen molar-refractivity contribution < 1.29 is 4.79 Å². The SMILES string of the molecule is CN1CCN(NC(=O)Cc2ccccc2)CC1. The van der Waals surface area contributed by atoms with Gasteiger partial charge in [-0.25, -0.2) is 5.01 Å². The average molecular weight is 233 g/mol. The lowest BCUT2D eigenvalue weighted by molar-refractivity contribution is -0.126. The van der Waals surface area contributed by atoms with Crippen LogP contribution in [0.5, 0.6) is 0 Å². The molecule has 1 aliphatic heterocycles. The molecule has 1 N–H and O–H groups in total. The number of benzene rings is 1. The van der Waals surface area contributed by atoms with Crippen LogP contribution in [0.15, 0.2) is 30.3 Å². The fourth-order valence-corrected chi connectivity index (χ4v) is 1.92. The van der Waals surface area contributed by atoms with Gasteiger partial charge in [0, 0.05) is 26.2 Å². The molecule has 0 aliphatic carbocycles. The van der Waals surface area contributed by atoms with Crippen LogP contribution in [0, 0.1) is 0 Å². The fraction of sp³-hybridized carbons (Fsp3) is 0.462. The van der Waals surface area contributed by atoms with Gasteiger partial charge in [0.1, 0.15) is 0 Å². The molecule has 92 valence electrons. The molecule has 1 aliphatic rings. The summed E-state index contributed by atoms with van der Waals surface area (Å²) in [5.74, 6) is 0.0701. The minimum absolute atomic E-state index is 0.0701. The number of hydrogen-bond donors (Lipinski definition) is 1. The summed E-state index contributed by atoms with van der Waals surface area (Å²) in [7, 11) is 2.10. The Hall–Kier alpha value is -1.39. The Kier molecular flexibility index (Phi) is 4.12. The first-order valence-corrected chi connectivity index (χ1v) is 6.01. The monoisotopic (exact) mass is 233 g/mol. The maximum atomic E-state index is 11.8. The molecule has 0 bridgehead atoms. The second-order valence-electron chi connectivity index (χ2n) is 4.49. The summed E-state index contributed by atoms with van der Waals surface area (Å²) >= 11 is 0. The second kappa shape index (κ2) is 5.80. The third kappa shape index (κ3) is 3.84. The topological polar surface area (TPSA) is 35.6 Å². The molecule has 2 rings (SSSR count). The molecule has 4 heteroatoms. The zero-order valence-corrected chi connectivity index (χ0v) is 10.2. The molecule has 0 atom stereocenters. The first-order chi connectivity index (χ1) is 8.24. The molecule has 1 amide bonds. The zero-order chi connectivity index (χ0) is 12.1. The fourth-order valence-electron chi connectivity index (χ4n) is 1.92. The molecule has 1 aromatic carbocycles. The van der Waals surface area contributed by atoms with Crippen LogP contribution in [-0.4, -0.2) is 49.0 Å². The summed E-state index contributed by atoms with van der Waals surface area (Å²) in [6.45, 7) is 3.81. The van der Waals surface area contributed by atoms with Crippen LogP contribution in [-0.2, 0) is 11.2 Å². The number of nitrogens with one attached hydrogen (secondary N) is 1. The highest BCUT2D eigenvalue weighted by molar-refractivity contribution is 5.78. The van der Waals surface area contributed by atoms with E-state index >= 15 is 0 Å². The lowest BCUT2D eigenvalue weighted by Gasteiger charge is -2.32. The van der Waals surface area contributed by atoms with Gasteiger partial charge in [-0.3, -0.25) is 10.2 Å². The molecule has 1 aromatic rings. The highest BCUT2D eigenvalue weighted by Gasteiger charge is 2.15. The first kappa shape index (κ1) is 12.1. The number of hydrazine groups is 1. The number of rotatable bonds is 3. The Morgan fingerprint density at radius 3 is 2.47 bits per heavy atom. The molecule has 1 saturated heterocycles. The van der Waals surface area contributed by atoms with E-state index in [2.05, 4.69) is 17.4 Å². The predicted molar refractivity (Wildman–Crippen MR) is 67.4 cm³/mol. The van der Waals surface area contributed by atoms with E-state index < -0.39 is 0 Å². The average Bonchev–Trinajstić information content (AvgIpc) is 2.33. The Morgan fingerprint density at radius 1 is 1.18 bits per heavy atom.